The average Bonchev–Trinajstić information content (AvgIpc) is 3.18. The Kier molecular flexibility index (Phi) is 4.70. The maximum Gasteiger partial charge on any atom is 0.242 e. The molecule has 0 fully saturated rings. The van der Waals surface area contributed by atoms with Crippen molar-refractivity contribution in [3.63, 3.8) is 0 Å². The molecule has 126 valence electrons. The minimum absolute atomic E-state index is 0.0415. The summed E-state index contributed by atoms with van der Waals surface area (Å²) in [6, 6.07) is 10.3. The smallest absolute Gasteiger partial charge is 0.242 e. The third-order valence-corrected chi connectivity index (χ3v) is 4.71. The molecule has 24 heavy (non-hydrogen) atoms. The Balaban J connectivity index is 1.79. The minimum atomic E-state index is -3.47. The summed E-state index contributed by atoms with van der Waals surface area (Å²) in [6.07, 6.45) is 2.60. The molecule has 0 unspecified atom stereocenters. The Morgan fingerprint density at radius 2 is 1.92 bits per heavy atom. The zero-order valence-corrected chi connectivity index (χ0v) is 14.3. The van der Waals surface area contributed by atoms with Crippen LogP contribution >= 0.6 is 11.6 Å². The molecule has 0 N–H and O–H groups in total. The lowest BCUT2D eigenvalue weighted by molar-refractivity contribution is 0.299. The normalized spacial score (nSPS) is 12.0. The first-order valence-corrected chi connectivity index (χ1v) is 9.20. The standard InChI is InChI=1S/C15H14ClN3O4S/c1-24(20,21)19(9-13-3-2-8-22-13)10-14-17-15(18-23-14)11-4-6-12(16)7-5-11/h2-8H,9-10H2,1H3. The zero-order valence-electron chi connectivity index (χ0n) is 12.7. The number of benzene rings is 1. The fraction of sp³-hybridized carbons (Fsp3) is 0.200. The first kappa shape index (κ1) is 16.7. The Morgan fingerprint density at radius 1 is 1.17 bits per heavy atom. The lowest BCUT2D eigenvalue weighted by atomic mass is 10.2. The number of aromatic nitrogens is 2. The highest BCUT2D eigenvalue weighted by molar-refractivity contribution is 7.88. The second kappa shape index (κ2) is 6.76. The molecule has 0 bridgehead atoms. The maximum absolute atomic E-state index is 12.0. The van der Waals surface area contributed by atoms with Crippen molar-refractivity contribution in [1.29, 1.82) is 0 Å². The van der Waals surface area contributed by atoms with Crippen molar-refractivity contribution in [3.05, 3.63) is 59.3 Å². The van der Waals surface area contributed by atoms with Gasteiger partial charge in [-0.3, -0.25) is 0 Å². The predicted octanol–water partition coefficient (Wildman–Crippen LogP) is 2.94. The van der Waals surface area contributed by atoms with Crippen LogP contribution < -0.4 is 0 Å². The second-order valence-electron chi connectivity index (χ2n) is 5.13. The van der Waals surface area contributed by atoms with Gasteiger partial charge in [0, 0.05) is 10.6 Å². The van der Waals surface area contributed by atoms with Crippen molar-refractivity contribution in [3.8, 4) is 11.4 Å². The van der Waals surface area contributed by atoms with Crippen LogP contribution in [-0.4, -0.2) is 29.1 Å². The van der Waals surface area contributed by atoms with Crippen molar-refractivity contribution in [2.75, 3.05) is 6.26 Å². The molecule has 0 saturated carbocycles. The van der Waals surface area contributed by atoms with E-state index in [1.165, 1.54) is 10.6 Å². The largest absolute Gasteiger partial charge is 0.468 e. The van der Waals surface area contributed by atoms with Crippen molar-refractivity contribution in [1.82, 2.24) is 14.4 Å². The molecule has 0 atom stereocenters. The van der Waals surface area contributed by atoms with E-state index in [1.54, 1.807) is 36.4 Å². The molecule has 3 aromatic rings. The molecule has 9 heteroatoms. The first-order chi connectivity index (χ1) is 11.4. The lowest BCUT2D eigenvalue weighted by Crippen LogP contribution is -2.29. The molecule has 0 spiro atoms. The van der Waals surface area contributed by atoms with Gasteiger partial charge in [-0.05, 0) is 36.4 Å². The van der Waals surface area contributed by atoms with Gasteiger partial charge in [-0.15, -0.1) is 0 Å². The van der Waals surface area contributed by atoms with Crippen LogP contribution in [0.2, 0.25) is 5.02 Å². The molecule has 0 aliphatic heterocycles. The Morgan fingerprint density at radius 3 is 2.54 bits per heavy atom. The van der Waals surface area contributed by atoms with Gasteiger partial charge in [0.15, 0.2) is 0 Å². The van der Waals surface area contributed by atoms with Crippen molar-refractivity contribution >= 4 is 21.6 Å². The summed E-state index contributed by atoms with van der Waals surface area (Å²) >= 11 is 5.84. The number of sulfonamides is 1. The van der Waals surface area contributed by atoms with Crippen LogP contribution in [0.3, 0.4) is 0 Å². The summed E-state index contributed by atoms with van der Waals surface area (Å²) < 4.78 is 35.5. The van der Waals surface area contributed by atoms with E-state index in [-0.39, 0.29) is 19.0 Å². The molecule has 3 rings (SSSR count). The summed E-state index contributed by atoms with van der Waals surface area (Å²) in [5, 5.41) is 4.48. The monoisotopic (exact) mass is 367 g/mol. The van der Waals surface area contributed by atoms with E-state index in [9.17, 15) is 8.42 Å². The molecule has 2 heterocycles. The average molecular weight is 368 g/mol. The highest BCUT2D eigenvalue weighted by Gasteiger charge is 2.22. The van der Waals surface area contributed by atoms with Crippen LogP contribution in [0.15, 0.2) is 51.6 Å². The number of furan rings is 1. The summed E-state index contributed by atoms with van der Waals surface area (Å²) in [5.74, 6) is 1.09. The van der Waals surface area contributed by atoms with Gasteiger partial charge in [0.1, 0.15) is 5.76 Å². The Bertz CT molecular complexity index is 905. The van der Waals surface area contributed by atoms with Crippen LogP contribution in [0.1, 0.15) is 11.7 Å². The van der Waals surface area contributed by atoms with Gasteiger partial charge in [0.25, 0.3) is 0 Å². The van der Waals surface area contributed by atoms with Gasteiger partial charge >= 0.3 is 0 Å². The van der Waals surface area contributed by atoms with Gasteiger partial charge in [0.2, 0.25) is 21.7 Å². The fourth-order valence-corrected chi connectivity index (χ4v) is 2.89. The number of nitrogens with zero attached hydrogens (tertiary/aromatic N) is 3. The van der Waals surface area contributed by atoms with E-state index >= 15 is 0 Å². The number of halogens is 1. The van der Waals surface area contributed by atoms with E-state index in [0.29, 0.717) is 16.6 Å². The Labute approximate surface area is 143 Å². The molecule has 0 amide bonds. The molecule has 1 aromatic carbocycles. The van der Waals surface area contributed by atoms with Crippen LogP contribution in [0.4, 0.5) is 0 Å². The molecular formula is C15H14ClN3O4S. The topological polar surface area (TPSA) is 89.4 Å². The second-order valence-corrected chi connectivity index (χ2v) is 7.55. The highest BCUT2D eigenvalue weighted by Crippen LogP contribution is 2.20. The third-order valence-electron chi connectivity index (χ3n) is 3.26. The van der Waals surface area contributed by atoms with Crippen molar-refractivity contribution in [2.24, 2.45) is 0 Å². The summed E-state index contributed by atoms with van der Waals surface area (Å²) in [7, 11) is -3.47. The summed E-state index contributed by atoms with van der Waals surface area (Å²) in [6.45, 7) is 0.0462. The minimum Gasteiger partial charge on any atom is -0.468 e. The molecule has 0 saturated heterocycles. The predicted molar refractivity (Wildman–Crippen MR) is 87.5 cm³/mol. The van der Waals surface area contributed by atoms with Crippen LogP contribution in [-0.2, 0) is 23.1 Å². The van der Waals surface area contributed by atoms with E-state index in [4.69, 9.17) is 20.5 Å². The van der Waals surface area contributed by atoms with Gasteiger partial charge in [-0.1, -0.05) is 16.8 Å². The molecule has 7 nitrogen and oxygen atoms in total. The van der Waals surface area contributed by atoms with Crippen molar-refractivity contribution in [2.45, 2.75) is 13.1 Å². The van der Waals surface area contributed by atoms with E-state index in [2.05, 4.69) is 10.1 Å². The van der Waals surface area contributed by atoms with E-state index in [0.717, 1.165) is 11.8 Å². The van der Waals surface area contributed by atoms with E-state index in [1.807, 2.05) is 0 Å². The molecule has 0 aliphatic rings. The fourth-order valence-electron chi connectivity index (χ4n) is 2.05. The number of hydrogen-bond acceptors (Lipinski definition) is 6. The van der Waals surface area contributed by atoms with Crippen LogP contribution in [0, 0.1) is 0 Å². The number of rotatable bonds is 6. The van der Waals surface area contributed by atoms with Crippen LogP contribution in [0.5, 0.6) is 0 Å². The van der Waals surface area contributed by atoms with Gasteiger partial charge in [-0.25, -0.2) is 8.42 Å². The van der Waals surface area contributed by atoms with Gasteiger partial charge < -0.3 is 8.94 Å². The van der Waals surface area contributed by atoms with E-state index < -0.39 is 10.0 Å². The summed E-state index contributed by atoms with van der Waals surface area (Å²) in [5.41, 5.74) is 0.728. The molecular weight excluding hydrogens is 354 g/mol. The van der Waals surface area contributed by atoms with Gasteiger partial charge in [-0.2, -0.15) is 9.29 Å². The zero-order chi connectivity index (χ0) is 17.2. The Hall–Kier alpha value is -2.16. The molecule has 2 aromatic heterocycles. The first-order valence-electron chi connectivity index (χ1n) is 6.98. The third kappa shape index (κ3) is 4.02. The SMILES string of the molecule is CS(=O)(=O)N(Cc1ccco1)Cc1nc(-c2ccc(Cl)cc2)no1. The van der Waals surface area contributed by atoms with Crippen molar-refractivity contribution < 1.29 is 17.4 Å². The van der Waals surface area contributed by atoms with Crippen LogP contribution in [0.25, 0.3) is 11.4 Å². The maximum atomic E-state index is 12.0. The lowest BCUT2D eigenvalue weighted by Gasteiger charge is -2.16. The summed E-state index contributed by atoms with van der Waals surface area (Å²) in [4.78, 5) is 4.24. The molecule has 0 aliphatic carbocycles. The number of hydrogen-bond donors (Lipinski definition) is 0. The quantitative estimate of drug-likeness (QED) is 0.665. The highest BCUT2D eigenvalue weighted by atomic mass is 35.5. The molecule has 0 radical (unpaired) electrons. The van der Waals surface area contributed by atoms with Gasteiger partial charge in [0.05, 0.1) is 25.6 Å².